The van der Waals surface area contributed by atoms with Crippen molar-refractivity contribution in [3.8, 4) is 0 Å². The Morgan fingerprint density at radius 3 is 2.30 bits per heavy atom. The molecule has 0 fully saturated rings. The molecule has 0 bridgehead atoms. The van der Waals surface area contributed by atoms with E-state index < -0.39 is 5.60 Å². The van der Waals surface area contributed by atoms with E-state index in [1.165, 1.54) is 0 Å². The third-order valence-electron chi connectivity index (χ3n) is 4.19. The Bertz CT molecular complexity index is 698. The summed E-state index contributed by atoms with van der Waals surface area (Å²) in [5, 5.41) is 0. The molecule has 0 radical (unpaired) electrons. The summed E-state index contributed by atoms with van der Waals surface area (Å²) >= 11 is 0. The first kappa shape index (κ1) is 17.5. The molecule has 2 rings (SSSR count). The molecule has 0 saturated carbocycles. The van der Waals surface area contributed by atoms with Crippen molar-refractivity contribution in [3.63, 3.8) is 0 Å². The molecule has 0 aromatic carbocycles. The van der Waals surface area contributed by atoms with Gasteiger partial charge in [0.1, 0.15) is 11.3 Å². The van der Waals surface area contributed by atoms with Gasteiger partial charge in [-0.1, -0.05) is 13.8 Å². The Morgan fingerprint density at radius 1 is 1.22 bits per heavy atom. The number of hydrogen-bond donors (Lipinski definition) is 1. The molecule has 0 atom stereocenters. The number of carbonyl (C=O) groups excluding carboxylic acids is 1. The number of H-pyrrole nitrogens is 1. The molecule has 4 heteroatoms. The highest BCUT2D eigenvalue weighted by molar-refractivity contribution is 5.91. The predicted octanol–water partition coefficient (Wildman–Crippen LogP) is 4.82. The molecule has 1 N–H and O–H groups in total. The third kappa shape index (κ3) is 3.74. The fourth-order valence-electron chi connectivity index (χ4n) is 2.88. The molecule has 0 unspecified atom stereocenters. The van der Waals surface area contributed by atoms with Gasteiger partial charge in [0.2, 0.25) is 0 Å². The fourth-order valence-corrected chi connectivity index (χ4v) is 2.88. The Labute approximate surface area is 139 Å². The normalized spacial score (nSPS) is 19.1. The van der Waals surface area contributed by atoms with Crippen LogP contribution in [-0.2, 0) is 4.74 Å². The maximum Gasteiger partial charge on any atom is 0.355 e. The van der Waals surface area contributed by atoms with E-state index in [-0.39, 0.29) is 11.4 Å². The second-order valence-corrected chi connectivity index (χ2v) is 8.10. The van der Waals surface area contributed by atoms with Gasteiger partial charge in [0.25, 0.3) is 0 Å². The highest BCUT2D eigenvalue weighted by atomic mass is 16.6. The van der Waals surface area contributed by atoms with Gasteiger partial charge in [-0.05, 0) is 65.2 Å². The van der Waals surface area contributed by atoms with Gasteiger partial charge in [-0.25, -0.2) is 4.79 Å². The minimum Gasteiger partial charge on any atom is -0.455 e. The number of allylic oxidation sites excluding steroid dienone is 1. The molecular formula is C19H28N2O2. The Hall–Kier alpha value is -1.84. The minimum atomic E-state index is -0.504. The van der Waals surface area contributed by atoms with Crippen molar-refractivity contribution >= 4 is 17.8 Å². The van der Waals surface area contributed by atoms with Crippen LogP contribution in [0, 0.1) is 19.3 Å². The molecule has 0 amide bonds. The largest absolute Gasteiger partial charge is 0.455 e. The number of nitrogens with zero attached hydrogens (tertiary/aromatic N) is 1. The van der Waals surface area contributed by atoms with Crippen LogP contribution in [0.15, 0.2) is 10.7 Å². The number of aromatic amines is 1. The van der Waals surface area contributed by atoms with Crippen LogP contribution in [0.4, 0.5) is 0 Å². The molecule has 4 nitrogen and oxygen atoms in total. The second kappa shape index (κ2) is 5.66. The van der Waals surface area contributed by atoms with Crippen LogP contribution >= 0.6 is 0 Å². The standard InChI is InChI=1S/C19H28N2O2/c1-11-10-19(7,8)15(20-11)9-14-12(2)13(3)16(21-14)17(22)23-18(4,5)6/h9,21H,10H2,1-8H3/b15-9-. The average Bonchev–Trinajstić information content (AvgIpc) is 2.77. The van der Waals surface area contributed by atoms with Crippen molar-refractivity contribution in [2.75, 3.05) is 0 Å². The number of aliphatic imine (C=N–C) groups is 1. The molecule has 1 aliphatic heterocycles. The van der Waals surface area contributed by atoms with Crippen LogP contribution < -0.4 is 0 Å². The van der Waals surface area contributed by atoms with Crippen LogP contribution in [0.25, 0.3) is 6.08 Å². The van der Waals surface area contributed by atoms with Gasteiger partial charge in [-0.3, -0.25) is 4.99 Å². The molecule has 126 valence electrons. The summed E-state index contributed by atoms with van der Waals surface area (Å²) in [6.45, 7) is 16.0. The molecule has 0 spiro atoms. The molecule has 2 heterocycles. The number of aromatic nitrogens is 1. The summed E-state index contributed by atoms with van der Waals surface area (Å²) in [5.74, 6) is -0.312. The minimum absolute atomic E-state index is 0.0294. The van der Waals surface area contributed by atoms with Crippen LogP contribution in [-0.4, -0.2) is 22.3 Å². The topological polar surface area (TPSA) is 54.5 Å². The van der Waals surface area contributed by atoms with E-state index in [2.05, 4.69) is 36.8 Å². The summed E-state index contributed by atoms with van der Waals surface area (Å²) in [4.78, 5) is 20.3. The highest BCUT2D eigenvalue weighted by Crippen LogP contribution is 2.39. The smallest absolute Gasteiger partial charge is 0.355 e. The highest BCUT2D eigenvalue weighted by Gasteiger charge is 2.30. The summed E-state index contributed by atoms with van der Waals surface area (Å²) in [6.07, 6.45) is 3.03. The molecule has 1 aliphatic rings. The second-order valence-electron chi connectivity index (χ2n) is 8.10. The number of esters is 1. The van der Waals surface area contributed by atoms with Crippen molar-refractivity contribution in [3.05, 3.63) is 28.2 Å². The molecule has 1 aromatic heterocycles. The van der Waals surface area contributed by atoms with Crippen LogP contribution in [0.5, 0.6) is 0 Å². The zero-order valence-corrected chi connectivity index (χ0v) is 15.5. The SMILES string of the molecule is CC1=N/C(=C\c2[nH]c(C(=O)OC(C)(C)C)c(C)c2C)C(C)(C)C1. The predicted molar refractivity (Wildman–Crippen MR) is 94.9 cm³/mol. The lowest BCUT2D eigenvalue weighted by Crippen LogP contribution is -2.24. The number of ether oxygens (including phenoxy) is 1. The van der Waals surface area contributed by atoms with E-state index in [1.54, 1.807) is 0 Å². The maximum atomic E-state index is 12.4. The van der Waals surface area contributed by atoms with Crippen molar-refractivity contribution < 1.29 is 9.53 Å². The van der Waals surface area contributed by atoms with Gasteiger partial charge in [0.05, 0.1) is 0 Å². The Morgan fingerprint density at radius 2 is 1.83 bits per heavy atom. The van der Waals surface area contributed by atoms with Crippen molar-refractivity contribution in [2.24, 2.45) is 10.4 Å². The van der Waals surface area contributed by atoms with E-state index >= 15 is 0 Å². The summed E-state index contributed by atoms with van der Waals surface area (Å²) in [5.41, 5.74) is 5.18. The first-order valence-electron chi connectivity index (χ1n) is 8.09. The lowest BCUT2D eigenvalue weighted by Gasteiger charge is -2.19. The lowest BCUT2D eigenvalue weighted by atomic mass is 9.86. The molecule has 0 aliphatic carbocycles. The lowest BCUT2D eigenvalue weighted by molar-refractivity contribution is 0.00627. The van der Waals surface area contributed by atoms with Crippen molar-refractivity contribution in [1.82, 2.24) is 4.98 Å². The van der Waals surface area contributed by atoms with Gasteiger partial charge >= 0.3 is 5.97 Å². The quantitative estimate of drug-likeness (QED) is 0.795. The van der Waals surface area contributed by atoms with Gasteiger partial charge in [0.15, 0.2) is 0 Å². The summed E-state index contributed by atoms with van der Waals surface area (Å²) in [6, 6.07) is 0. The van der Waals surface area contributed by atoms with Crippen LogP contribution in [0.3, 0.4) is 0 Å². The van der Waals surface area contributed by atoms with E-state index in [0.29, 0.717) is 5.69 Å². The molecule has 23 heavy (non-hydrogen) atoms. The van der Waals surface area contributed by atoms with Crippen LogP contribution in [0.2, 0.25) is 0 Å². The van der Waals surface area contributed by atoms with Crippen LogP contribution in [0.1, 0.15) is 75.3 Å². The fraction of sp³-hybridized carbons (Fsp3) is 0.579. The molecule has 1 aromatic rings. The van der Waals surface area contributed by atoms with E-state index in [4.69, 9.17) is 4.74 Å². The number of rotatable bonds is 2. The van der Waals surface area contributed by atoms with Crippen molar-refractivity contribution in [1.29, 1.82) is 0 Å². The summed E-state index contributed by atoms with van der Waals surface area (Å²) in [7, 11) is 0. The zero-order chi connectivity index (χ0) is 17.6. The van der Waals surface area contributed by atoms with Crippen molar-refractivity contribution in [2.45, 2.75) is 67.4 Å². The Balaban J connectivity index is 2.40. The number of nitrogens with one attached hydrogen (secondary N) is 1. The van der Waals surface area contributed by atoms with Gasteiger partial charge < -0.3 is 9.72 Å². The molecule has 0 saturated heterocycles. The van der Waals surface area contributed by atoms with E-state index in [0.717, 1.165) is 34.7 Å². The summed E-state index contributed by atoms with van der Waals surface area (Å²) < 4.78 is 5.48. The monoisotopic (exact) mass is 316 g/mol. The van der Waals surface area contributed by atoms with E-state index in [1.807, 2.05) is 34.6 Å². The third-order valence-corrected chi connectivity index (χ3v) is 4.19. The maximum absolute atomic E-state index is 12.4. The number of carbonyl (C=O) groups is 1. The van der Waals surface area contributed by atoms with E-state index in [9.17, 15) is 4.79 Å². The molecular weight excluding hydrogens is 288 g/mol. The number of hydrogen-bond acceptors (Lipinski definition) is 3. The first-order chi connectivity index (χ1) is 10.4. The Kier molecular flexibility index (Phi) is 4.31. The zero-order valence-electron chi connectivity index (χ0n) is 15.5. The van der Waals surface area contributed by atoms with Gasteiger partial charge in [-0.15, -0.1) is 0 Å². The van der Waals surface area contributed by atoms with Gasteiger partial charge in [-0.2, -0.15) is 0 Å². The first-order valence-corrected chi connectivity index (χ1v) is 8.09. The van der Waals surface area contributed by atoms with Gasteiger partial charge in [0, 0.05) is 22.5 Å². The average molecular weight is 316 g/mol.